The lowest BCUT2D eigenvalue weighted by Gasteiger charge is -2.33. The quantitative estimate of drug-likeness (QED) is 0.888. The van der Waals surface area contributed by atoms with Gasteiger partial charge in [0.15, 0.2) is 0 Å². The number of primary amides is 1. The number of rotatable bonds is 5. The van der Waals surface area contributed by atoms with E-state index in [1.807, 2.05) is 0 Å². The first-order chi connectivity index (χ1) is 10.4. The smallest absolute Gasteiger partial charge is 0.419 e. The van der Waals surface area contributed by atoms with Crippen molar-refractivity contribution in [3.05, 3.63) is 29.8 Å². The first-order valence-electron chi connectivity index (χ1n) is 6.79. The Hall–Kier alpha value is -1.80. The van der Waals surface area contributed by atoms with Crippen LogP contribution in [-0.2, 0) is 15.7 Å². The Labute approximate surface area is 125 Å². The highest BCUT2D eigenvalue weighted by Gasteiger charge is 2.34. The van der Waals surface area contributed by atoms with E-state index in [9.17, 15) is 18.0 Å². The van der Waals surface area contributed by atoms with E-state index in [0.717, 1.165) is 6.07 Å². The highest BCUT2D eigenvalue weighted by atomic mass is 19.4. The molecule has 1 aliphatic heterocycles. The van der Waals surface area contributed by atoms with E-state index in [1.165, 1.54) is 18.2 Å². The monoisotopic (exact) mass is 318 g/mol. The van der Waals surface area contributed by atoms with Crippen LogP contribution in [0.1, 0.15) is 5.56 Å². The second kappa shape index (κ2) is 6.97. The fourth-order valence-corrected chi connectivity index (χ4v) is 2.27. The average Bonchev–Trinajstić information content (AvgIpc) is 2.47. The van der Waals surface area contributed by atoms with Crippen LogP contribution in [0.4, 0.5) is 13.2 Å². The van der Waals surface area contributed by atoms with E-state index < -0.39 is 23.7 Å². The Morgan fingerprint density at radius 2 is 2.14 bits per heavy atom. The van der Waals surface area contributed by atoms with E-state index in [4.69, 9.17) is 15.2 Å². The fourth-order valence-electron chi connectivity index (χ4n) is 2.27. The number of carbonyl (C=O) groups is 1. The number of morpholine rings is 1. The van der Waals surface area contributed by atoms with Gasteiger partial charge in [-0.2, -0.15) is 13.2 Å². The SMILES string of the molecule is NC(=O)C1COCCN1CCOc1ccccc1C(F)(F)F. The van der Waals surface area contributed by atoms with Crippen molar-refractivity contribution in [3.63, 3.8) is 0 Å². The molecule has 1 heterocycles. The normalized spacial score (nSPS) is 19.9. The first kappa shape index (κ1) is 16.6. The molecule has 0 aromatic heterocycles. The molecule has 1 saturated heterocycles. The molecule has 1 aromatic rings. The van der Waals surface area contributed by atoms with Gasteiger partial charge in [0.2, 0.25) is 5.91 Å². The number of alkyl halides is 3. The van der Waals surface area contributed by atoms with Gasteiger partial charge >= 0.3 is 6.18 Å². The molecule has 0 radical (unpaired) electrons. The minimum atomic E-state index is -4.47. The summed E-state index contributed by atoms with van der Waals surface area (Å²) in [5.74, 6) is -0.741. The molecule has 1 unspecified atom stereocenters. The summed E-state index contributed by atoms with van der Waals surface area (Å²) in [7, 11) is 0. The van der Waals surface area contributed by atoms with Crippen molar-refractivity contribution in [1.82, 2.24) is 4.90 Å². The lowest BCUT2D eigenvalue weighted by Crippen LogP contribution is -2.53. The van der Waals surface area contributed by atoms with E-state index >= 15 is 0 Å². The average molecular weight is 318 g/mol. The molecule has 1 fully saturated rings. The van der Waals surface area contributed by atoms with Crippen molar-refractivity contribution in [2.75, 3.05) is 32.9 Å². The maximum Gasteiger partial charge on any atom is 0.419 e. The van der Waals surface area contributed by atoms with Crippen LogP contribution in [0.15, 0.2) is 24.3 Å². The van der Waals surface area contributed by atoms with Crippen molar-refractivity contribution >= 4 is 5.91 Å². The molecular weight excluding hydrogens is 301 g/mol. The summed E-state index contributed by atoms with van der Waals surface area (Å²) in [5, 5.41) is 0. The van der Waals surface area contributed by atoms with Crippen LogP contribution in [-0.4, -0.2) is 49.8 Å². The van der Waals surface area contributed by atoms with Crippen LogP contribution < -0.4 is 10.5 Å². The van der Waals surface area contributed by atoms with Gasteiger partial charge in [0, 0.05) is 13.1 Å². The van der Waals surface area contributed by atoms with Crippen LogP contribution in [0.25, 0.3) is 0 Å². The van der Waals surface area contributed by atoms with Gasteiger partial charge in [0.1, 0.15) is 18.4 Å². The second-order valence-electron chi connectivity index (χ2n) is 4.87. The van der Waals surface area contributed by atoms with Gasteiger partial charge in [0.25, 0.3) is 0 Å². The van der Waals surface area contributed by atoms with Crippen LogP contribution in [0.2, 0.25) is 0 Å². The predicted molar refractivity (Wildman–Crippen MR) is 72.3 cm³/mol. The molecule has 8 heteroatoms. The van der Waals surface area contributed by atoms with Gasteiger partial charge in [-0.3, -0.25) is 9.69 Å². The van der Waals surface area contributed by atoms with E-state index in [1.54, 1.807) is 4.90 Å². The summed E-state index contributed by atoms with van der Waals surface area (Å²) >= 11 is 0. The van der Waals surface area contributed by atoms with Crippen LogP contribution >= 0.6 is 0 Å². The maximum absolute atomic E-state index is 12.8. The number of benzene rings is 1. The summed E-state index contributed by atoms with van der Waals surface area (Å²) < 4.78 is 48.9. The zero-order valence-electron chi connectivity index (χ0n) is 11.8. The zero-order chi connectivity index (χ0) is 16.2. The molecule has 0 spiro atoms. The molecule has 1 amide bonds. The molecule has 0 bridgehead atoms. The number of hydrogen-bond donors (Lipinski definition) is 1. The molecule has 1 atom stereocenters. The van der Waals surface area contributed by atoms with Gasteiger partial charge in [-0.25, -0.2) is 0 Å². The van der Waals surface area contributed by atoms with Crippen molar-refractivity contribution in [2.45, 2.75) is 12.2 Å². The topological polar surface area (TPSA) is 64.8 Å². The molecule has 0 saturated carbocycles. The van der Waals surface area contributed by atoms with Crippen LogP contribution in [0, 0.1) is 0 Å². The zero-order valence-corrected chi connectivity index (χ0v) is 11.8. The summed E-state index contributed by atoms with van der Waals surface area (Å²) in [6, 6.07) is 4.45. The third-order valence-electron chi connectivity index (χ3n) is 3.40. The van der Waals surface area contributed by atoms with E-state index in [0.29, 0.717) is 19.7 Å². The second-order valence-corrected chi connectivity index (χ2v) is 4.87. The molecule has 22 heavy (non-hydrogen) atoms. The molecule has 1 aliphatic rings. The number of halogens is 3. The van der Waals surface area contributed by atoms with Crippen LogP contribution in [0.3, 0.4) is 0 Å². The Balaban J connectivity index is 1.95. The number of nitrogens with zero attached hydrogens (tertiary/aromatic N) is 1. The number of ether oxygens (including phenoxy) is 2. The van der Waals surface area contributed by atoms with Gasteiger partial charge in [-0.15, -0.1) is 0 Å². The molecule has 5 nitrogen and oxygen atoms in total. The van der Waals surface area contributed by atoms with Crippen LogP contribution in [0.5, 0.6) is 5.75 Å². The Kier molecular flexibility index (Phi) is 5.25. The van der Waals surface area contributed by atoms with Crippen molar-refractivity contribution in [2.24, 2.45) is 5.73 Å². The number of para-hydroxylation sites is 1. The summed E-state index contributed by atoms with van der Waals surface area (Å²) in [4.78, 5) is 13.0. The molecule has 0 aliphatic carbocycles. The van der Waals surface area contributed by atoms with E-state index in [-0.39, 0.29) is 19.0 Å². The summed E-state index contributed by atoms with van der Waals surface area (Å²) in [6.07, 6.45) is -4.47. The highest BCUT2D eigenvalue weighted by Crippen LogP contribution is 2.35. The third kappa shape index (κ3) is 4.11. The van der Waals surface area contributed by atoms with Crippen molar-refractivity contribution in [3.8, 4) is 5.75 Å². The first-order valence-corrected chi connectivity index (χ1v) is 6.79. The highest BCUT2D eigenvalue weighted by molar-refractivity contribution is 5.80. The predicted octanol–water partition coefficient (Wildman–Crippen LogP) is 1.27. The summed E-state index contributed by atoms with van der Waals surface area (Å²) in [5.41, 5.74) is 4.46. The molecule has 2 N–H and O–H groups in total. The number of carbonyl (C=O) groups excluding carboxylic acids is 1. The Morgan fingerprint density at radius 1 is 1.41 bits per heavy atom. The van der Waals surface area contributed by atoms with Gasteiger partial charge in [0.05, 0.1) is 18.8 Å². The largest absolute Gasteiger partial charge is 0.492 e. The van der Waals surface area contributed by atoms with Crippen molar-refractivity contribution in [1.29, 1.82) is 0 Å². The molecule has 122 valence electrons. The van der Waals surface area contributed by atoms with Gasteiger partial charge in [-0.1, -0.05) is 12.1 Å². The summed E-state index contributed by atoms with van der Waals surface area (Å²) in [6.45, 7) is 1.44. The molecule has 1 aromatic carbocycles. The lowest BCUT2D eigenvalue weighted by molar-refractivity contribution is -0.139. The standard InChI is InChI=1S/C14H17F3N2O3/c15-14(16,17)10-3-1-2-4-12(10)22-8-6-19-5-7-21-9-11(19)13(18)20/h1-4,11H,5-9H2,(H2,18,20). The van der Waals surface area contributed by atoms with Gasteiger partial charge < -0.3 is 15.2 Å². The van der Waals surface area contributed by atoms with E-state index in [2.05, 4.69) is 0 Å². The number of hydrogen-bond acceptors (Lipinski definition) is 4. The third-order valence-corrected chi connectivity index (χ3v) is 3.40. The van der Waals surface area contributed by atoms with Gasteiger partial charge in [-0.05, 0) is 12.1 Å². The minimum absolute atomic E-state index is 0.0247. The lowest BCUT2D eigenvalue weighted by atomic mass is 10.2. The van der Waals surface area contributed by atoms with Crippen molar-refractivity contribution < 1.29 is 27.4 Å². The fraction of sp³-hybridized carbons (Fsp3) is 0.500. The molecular formula is C14H17F3N2O3. The maximum atomic E-state index is 12.8. The number of nitrogens with two attached hydrogens (primary N) is 1. The number of amides is 1. The minimum Gasteiger partial charge on any atom is -0.492 e. The molecule has 2 rings (SSSR count). The Morgan fingerprint density at radius 3 is 2.82 bits per heavy atom. The Bertz CT molecular complexity index is 522.